The summed E-state index contributed by atoms with van der Waals surface area (Å²) >= 11 is 0. The van der Waals surface area contributed by atoms with Gasteiger partial charge in [0.1, 0.15) is 9.73 Å². The molecule has 0 aliphatic rings. The second-order valence-corrected chi connectivity index (χ2v) is 6.92. The fourth-order valence-electron chi connectivity index (χ4n) is 1.97. The van der Waals surface area contributed by atoms with Gasteiger partial charge in [-0.05, 0) is 24.6 Å². The van der Waals surface area contributed by atoms with Crippen molar-refractivity contribution < 1.29 is 18.1 Å². The first-order valence-corrected chi connectivity index (χ1v) is 7.76. The number of hydrogen-bond donors (Lipinski definition) is 2. The molecule has 2 rings (SSSR count). The van der Waals surface area contributed by atoms with Crippen molar-refractivity contribution in [2.45, 2.75) is 22.7 Å². The van der Waals surface area contributed by atoms with Gasteiger partial charge in [-0.25, -0.2) is 8.99 Å². The molecule has 3 nitrogen and oxygen atoms in total. The molecule has 6 heteroatoms. The molecule has 0 unspecified atom stereocenters. The van der Waals surface area contributed by atoms with Crippen molar-refractivity contribution in [2.75, 3.05) is 0 Å². The van der Waals surface area contributed by atoms with E-state index in [1.54, 1.807) is 12.1 Å². The van der Waals surface area contributed by atoms with E-state index in [1.807, 2.05) is 0 Å². The van der Waals surface area contributed by atoms with Crippen molar-refractivity contribution >= 4 is 9.73 Å². The average molecular weight is 311 g/mol. The predicted molar refractivity (Wildman–Crippen MR) is 76.5 cm³/mol. The molecule has 0 heterocycles. The van der Waals surface area contributed by atoms with E-state index in [1.165, 1.54) is 48.5 Å². The molecule has 112 valence electrons. The van der Waals surface area contributed by atoms with Gasteiger partial charge in [-0.2, -0.15) is 8.78 Å². The maximum absolute atomic E-state index is 14.6. The highest BCUT2D eigenvalue weighted by molar-refractivity contribution is 7.93. The zero-order valence-electron chi connectivity index (χ0n) is 11.3. The van der Waals surface area contributed by atoms with Crippen LogP contribution in [0.1, 0.15) is 12.5 Å². The lowest BCUT2D eigenvalue weighted by Crippen LogP contribution is -2.48. The smallest absolute Gasteiger partial charge is 0.363 e. The molecular formula is C15H15F2NO2S. The molecule has 0 aliphatic heterocycles. The molecule has 0 fully saturated rings. The highest BCUT2D eigenvalue weighted by atomic mass is 32.2. The quantitative estimate of drug-likeness (QED) is 0.906. The summed E-state index contributed by atoms with van der Waals surface area (Å²) in [7, 11) is -4.53. The van der Waals surface area contributed by atoms with Gasteiger partial charge in [0.05, 0.1) is 4.90 Å². The molecule has 0 aliphatic carbocycles. The number of benzene rings is 2. The minimum absolute atomic E-state index is 0.0918. The standard InChI is InChI=1S/C15H15F2NO2S/c1-14(19,12-8-4-2-5-9-12)15(16,17)21(18,20)13-10-6-3-7-11-13/h2-11,18-19H,1H3/t14-,21+/m0/s1. The first-order valence-electron chi connectivity index (χ1n) is 6.20. The van der Waals surface area contributed by atoms with Crippen molar-refractivity contribution in [1.29, 1.82) is 4.78 Å². The zero-order chi connectivity index (χ0) is 15.7. The Bertz CT molecular complexity index is 714. The van der Waals surface area contributed by atoms with Crippen LogP contribution in [0.5, 0.6) is 0 Å². The maximum atomic E-state index is 14.6. The molecule has 0 aromatic heterocycles. The van der Waals surface area contributed by atoms with E-state index in [0.717, 1.165) is 6.92 Å². The Morgan fingerprint density at radius 1 is 1.00 bits per heavy atom. The number of rotatable bonds is 4. The Morgan fingerprint density at radius 3 is 1.90 bits per heavy atom. The van der Waals surface area contributed by atoms with Crippen LogP contribution in [-0.2, 0) is 15.3 Å². The molecule has 2 atom stereocenters. The SMILES string of the molecule is C[C@](O)(c1ccccc1)C(F)(F)[S@](=N)(=O)c1ccccc1. The summed E-state index contributed by atoms with van der Waals surface area (Å²) in [6.07, 6.45) is 0. The first-order chi connectivity index (χ1) is 9.71. The largest absolute Gasteiger partial charge is 0.378 e. The summed E-state index contributed by atoms with van der Waals surface area (Å²) < 4.78 is 49.4. The van der Waals surface area contributed by atoms with Crippen molar-refractivity contribution in [1.82, 2.24) is 0 Å². The van der Waals surface area contributed by atoms with Crippen LogP contribution in [0, 0.1) is 4.78 Å². The maximum Gasteiger partial charge on any atom is 0.363 e. The van der Waals surface area contributed by atoms with Crippen LogP contribution in [-0.4, -0.2) is 14.6 Å². The van der Waals surface area contributed by atoms with E-state index in [2.05, 4.69) is 0 Å². The molecule has 0 bridgehead atoms. The zero-order valence-corrected chi connectivity index (χ0v) is 12.1. The topological polar surface area (TPSA) is 61.1 Å². The van der Waals surface area contributed by atoms with Gasteiger partial charge >= 0.3 is 5.25 Å². The van der Waals surface area contributed by atoms with Gasteiger partial charge in [-0.15, -0.1) is 0 Å². The second kappa shape index (κ2) is 5.20. The normalized spacial score (nSPS) is 17.7. The third kappa shape index (κ3) is 2.45. The van der Waals surface area contributed by atoms with Crippen LogP contribution >= 0.6 is 0 Å². The first kappa shape index (κ1) is 15.6. The van der Waals surface area contributed by atoms with Crippen LogP contribution in [0.3, 0.4) is 0 Å². The van der Waals surface area contributed by atoms with Gasteiger partial charge in [0.25, 0.3) is 0 Å². The van der Waals surface area contributed by atoms with E-state index >= 15 is 0 Å². The Labute approximate surface area is 122 Å². The monoisotopic (exact) mass is 311 g/mol. The van der Waals surface area contributed by atoms with Crippen molar-refractivity contribution in [3.05, 3.63) is 66.2 Å². The molecule has 0 saturated heterocycles. The average Bonchev–Trinajstić information content (AvgIpc) is 2.48. The van der Waals surface area contributed by atoms with Crippen LogP contribution < -0.4 is 0 Å². The molecule has 0 saturated carbocycles. The minimum atomic E-state index is -4.53. The van der Waals surface area contributed by atoms with Crippen molar-refractivity contribution in [3.63, 3.8) is 0 Å². The fraction of sp³-hybridized carbons (Fsp3) is 0.200. The molecule has 2 N–H and O–H groups in total. The molecule has 2 aromatic carbocycles. The molecule has 2 aromatic rings. The summed E-state index contributed by atoms with van der Waals surface area (Å²) in [6.45, 7) is 0.874. The van der Waals surface area contributed by atoms with Crippen LogP contribution in [0.4, 0.5) is 8.78 Å². The van der Waals surface area contributed by atoms with E-state index in [9.17, 15) is 18.1 Å². The van der Waals surface area contributed by atoms with E-state index < -0.39 is 20.6 Å². The Hall–Kier alpha value is -1.79. The van der Waals surface area contributed by atoms with E-state index in [0.29, 0.717) is 0 Å². The summed E-state index contributed by atoms with van der Waals surface area (Å²) in [4.78, 5) is -0.314. The lowest BCUT2D eigenvalue weighted by molar-refractivity contribution is -0.118. The van der Waals surface area contributed by atoms with Gasteiger partial charge < -0.3 is 5.11 Å². The summed E-state index contributed by atoms with van der Waals surface area (Å²) in [5.74, 6) is 0. The van der Waals surface area contributed by atoms with Crippen LogP contribution in [0.15, 0.2) is 65.6 Å². The van der Waals surface area contributed by atoms with Crippen LogP contribution in [0.25, 0.3) is 0 Å². The number of halogens is 2. The summed E-state index contributed by atoms with van der Waals surface area (Å²) in [5, 5.41) is 6.11. The van der Waals surface area contributed by atoms with Gasteiger partial charge in [0.2, 0.25) is 0 Å². The molecule has 0 amide bonds. The lowest BCUT2D eigenvalue weighted by atomic mass is 9.96. The molecule has 21 heavy (non-hydrogen) atoms. The van der Waals surface area contributed by atoms with E-state index in [-0.39, 0.29) is 10.5 Å². The number of alkyl halides is 2. The third-order valence-electron chi connectivity index (χ3n) is 3.34. The summed E-state index contributed by atoms with van der Waals surface area (Å²) in [6, 6.07) is 14.1. The molecule has 0 spiro atoms. The number of hydrogen-bond acceptors (Lipinski definition) is 3. The Kier molecular flexibility index (Phi) is 3.86. The highest BCUT2D eigenvalue weighted by Gasteiger charge is 2.58. The van der Waals surface area contributed by atoms with E-state index in [4.69, 9.17) is 4.78 Å². The fourth-order valence-corrected chi connectivity index (χ4v) is 3.48. The molecular weight excluding hydrogens is 296 g/mol. The van der Waals surface area contributed by atoms with Gasteiger partial charge in [-0.3, -0.25) is 0 Å². The number of nitrogens with one attached hydrogen (secondary N) is 1. The Balaban J connectivity index is 2.56. The number of aliphatic hydroxyl groups is 1. The molecule has 0 radical (unpaired) electrons. The lowest BCUT2D eigenvalue weighted by Gasteiger charge is -2.34. The minimum Gasteiger partial charge on any atom is -0.378 e. The van der Waals surface area contributed by atoms with Gasteiger partial charge in [0.15, 0.2) is 5.60 Å². The second-order valence-electron chi connectivity index (χ2n) is 4.82. The van der Waals surface area contributed by atoms with Crippen molar-refractivity contribution in [2.24, 2.45) is 0 Å². The summed E-state index contributed by atoms with van der Waals surface area (Å²) in [5.41, 5.74) is -2.81. The van der Waals surface area contributed by atoms with Crippen molar-refractivity contribution in [3.8, 4) is 0 Å². The predicted octanol–water partition coefficient (Wildman–Crippen LogP) is 3.59. The Morgan fingerprint density at radius 2 is 1.43 bits per heavy atom. The van der Waals surface area contributed by atoms with Crippen LogP contribution in [0.2, 0.25) is 0 Å². The third-order valence-corrected chi connectivity index (χ3v) is 5.39. The highest BCUT2D eigenvalue weighted by Crippen LogP contribution is 2.44. The van der Waals surface area contributed by atoms with Gasteiger partial charge in [0, 0.05) is 0 Å². The van der Waals surface area contributed by atoms with Gasteiger partial charge in [-0.1, -0.05) is 48.5 Å².